The van der Waals surface area contributed by atoms with Crippen LogP contribution in [-0.4, -0.2) is 30.0 Å². The molecule has 0 aliphatic carbocycles. The molecule has 4 rings (SSSR count). The molecule has 0 spiro atoms. The van der Waals surface area contributed by atoms with Gasteiger partial charge in [0.15, 0.2) is 0 Å². The fourth-order valence-corrected chi connectivity index (χ4v) is 4.01. The van der Waals surface area contributed by atoms with Crippen LogP contribution in [0.15, 0.2) is 54.2 Å². The summed E-state index contributed by atoms with van der Waals surface area (Å²) in [7, 11) is 3.33. The number of halogens is 1. The van der Waals surface area contributed by atoms with E-state index in [1.165, 1.54) is 15.3 Å². The van der Waals surface area contributed by atoms with Gasteiger partial charge < -0.3 is 5.11 Å². The number of aromatic hydroxyl groups is 1. The van der Waals surface area contributed by atoms with Gasteiger partial charge in [-0.05, 0) is 59.1 Å². The Kier molecular flexibility index (Phi) is 5.25. The fourth-order valence-electron chi connectivity index (χ4n) is 3.58. The molecule has 0 amide bonds. The van der Waals surface area contributed by atoms with E-state index in [4.69, 9.17) is 0 Å². The molecule has 0 unspecified atom stereocenters. The molecule has 2 N–H and O–H groups in total. The monoisotopic (exact) mass is 497 g/mol. The second kappa shape index (κ2) is 7.79. The molecule has 0 bridgehead atoms. The van der Waals surface area contributed by atoms with Crippen LogP contribution < -0.4 is 16.9 Å². The fraction of sp³-hybridized carbons (Fsp3) is 0.182. The Balaban J connectivity index is 1.89. The lowest BCUT2D eigenvalue weighted by Gasteiger charge is -2.13. The van der Waals surface area contributed by atoms with Crippen molar-refractivity contribution in [3.8, 4) is 11.6 Å². The standard InChI is InChI=1S/C22H20BrN5O4/c1-11-5-6-12(2)16(7-11)28-20(30)13(19(29)25-21(28)31)10-24-15-9-18-17(8-14(15)23)26(3)22(32)27(18)4/h5-10,30H,1-4H3,(H,25,29,31). The number of hydrogen-bond acceptors (Lipinski definition) is 5. The highest BCUT2D eigenvalue weighted by molar-refractivity contribution is 9.10. The first-order valence-corrected chi connectivity index (χ1v) is 10.4. The van der Waals surface area contributed by atoms with Gasteiger partial charge in [-0.2, -0.15) is 0 Å². The first-order chi connectivity index (χ1) is 15.1. The lowest BCUT2D eigenvalue weighted by molar-refractivity contribution is 0.430. The molecule has 0 atom stereocenters. The van der Waals surface area contributed by atoms with Crippen LogP contribution in [0.3, 0.4) is 0 Å². The molecular formula is C22H20BrN5O4. The van der Waals surface area contributed by atoms with Crippen molar-refractivity contribution >= 4 is 38.9 Å². The molecule has 2 heterocycles. The van der Waals surface area contributed by atoms with Gasteiger partial charge in [0, 0.05) is 24.8 Å². The van der Waals surface area contributed by atoms with Gasteiger partial charge >= 0.3 is 11.4 Å². The van der Waals surface area contributed by atoms with Crippen LogP contribution in [0.2, 0.25) is 0 Å². The maximum absolute atomic E-state index is 12.5. The predicted molar refractivity (Wildman–Crippen MR) is 127 cm³/mol. The number of aryl methyl sites for hydroxylation is 4. The highest BCUT2D eigenvalue weighted by Crippen LogP contribution is 2.30. The molecule has 10 heteroatoms. The molecule has 0 saturated carbocycles. The average Bonchev–Trinajstić information content (AvgIpc) is 2.93. The third-order valence-electron chi connectivity index (χ3n) is 5.40. The van der Waals surface area contributed by atoms with Gasteiger partial charge in [-0.3, -0.25) is 23.9 Å². The summed E-state index contributed by atoms with van der Waals surface area (Å²) in [5, 5.41) is 10.8. The minimum Gasteiger partial charge on any atom is -0.493 e. The zero-order valence-corrected chi connectivity index (χ0v) is 19.4. The number of imidazole rings is 1. The maximum atomic E-state index is 12.5. The van der Waals surface area contributed by atoms with Crippen molar-refractivity contribution in [1.29, 1.82) is 0 Å². The summed E-state index contributed by atoms with van der Waals surface area (Å²) in [6.07, 6.45) is 1.20. The summed E-state index contributed by atoms with van der Waals surface area (Å²) in [6, 6.07) is 8.91. The summed E-state index contributed by atoms with van der Waals surface area (Å²) >= 11 is 3.43. The van der Waals surface area contributed by atoms with Crippen molar-refractivity contribution in [3.63, 3.8) is 0 Å². The van der Waals surface area contributed by atoms with Crippen LogP contribution in [0.25, 0.3) is 16.7 Å². The van der Waals surface area contributed by atoms with E-state index < -0.39 is 17.1 Å². The number of H-pyrrole nitrogens is 1. The highest BCUT2D eigenvalue weighted by Gasteiger charge is 2.16. The topological polar surface area (TPSA) is 114 Å². The largest absolute Gasteiger partial charge is 0.493 e. The van der Waals surface area contributed by atoms with Gasteiger partial charge in [-0.1, -0.05) is 12.1 Å². The first-order valence-electron chi connectivity index (χ1n) is 9.65. The minimum atomic E-state index is -0.762. The second-order valence-corrected chi connectivity index (χ2v) is 8.43. The Morgan fingerprint density at radius 3 is 2.38 bits per heavy atom. The molecule has 0 aliphatic rings. The summed E-state index contributed by atoms with van der Waals surface area (Å²) < 4.78 is 4.65. The van der Waals surface area contributed by atoms with E-state index in [1.54, 1.807) is 39.2 Å². The summed E-state index contributed by atoms with van der Waals surface area (Å²) in [4.78, 5) is 43.7. The van der Waals surface area contributed by atoms with Crippen LogP contribution in [-0.2, 0) is 14.1 Å². The normalized spacial score (nSPS) is 11.7. The van der Waals surface area contributed by atoms with Crippen LogP contribution in [0.5, 0.6) is 5.88 Å². The van der Waals surface area contributed by atoms with E-state index in [9.17, 15) is 19.5 Å². The number of nitrogens with zero attached hydrogens (tertiary/aromatic N) is 4. The molecule has 9 nitrogen and oxygen atoms in total. The third kappa shape index (κ3) is 3.42. The molecule has 0 fully saturated rings. The van der Waals surface area contributed by atoms with Gasteiger partial charge in [0.2, 0.25) is 5.88 Å². The van der Waals surface area contributed by atoms with Gasteiger partial charge in [0.05, 0.1) is 22.4 Å². The van der Waals surface area contributed by atoms with Gasteiger partial charge in [0.25, 0.3) is 5.56 Å². The van der Waals surface area contributed by atoms with Crippen LogP contribution in [0, 0.1) is 13.8 Å². The predicted octanol–water partition coefficient (Wildman–Crippen LogP) is 2.55. The zero-order chi connectivity index (χ0) is 23.3. The Morgan fingerprint density at radius 1 is 1.03 bits per heavy atom. The number of aromatic nitrogens is 4. The van der Waals surface area contributed by atoms with Crippen LogP contribution >= 0.6 is 15.9 Å². The van der Waals surface area contributed by atoms with Crippen molar-refractivity contribution in [2.45, 2.75) is 13.8 Å². The van der Waals surface area contributed by atoms with Crippen molar-refractivity contribution in [1.82, 2.24) is 18.7 Å². The molecule has 0 saturated heterocycles. The highest BCUT2D eigenvalue weighted by atomic mass is 79.9. The van der Waals surface area contributed by atoms with Crippen molar-refractivity contribution < 1.29 is 5.11 Å². The van der Waals surface area contributed by atoms with Crippen molar-refractivity contribution in [2.75, 3.05) is 0 Å². The Morgan fingerprint density at radius 2 is 1.69 bits per heavy atom. The Labute approximate surface area is 190 Å². The molecule has 0 aliphatic heterocycles. The Hall–Kier alpha value is -3.66. The Bertz CT molecular complexity index is 1600. The molecule has 32 heavy (non-hydrogen) atoms. The third-order valence-corrected chi connectivity index (χ3v) is 6.03. The van der Waals surface area contributed by atoms with E-state index in [1.807, 2.05) is 19.1 Å². The number of benzene rings is 2. The summed E-state index contributed by atoms with van der Waals surface area (Å²) in [5.41, 5.74) is 2.07. The molecule has 2 aromatic heterocycles. The zero-order valence-electron chi connectivity index (χ0n) is 17.8. The summed E-state index contributed by atoms with van der Waals surface area (Å²) in [6.45, 7) is 3.67. The van der Waals surface area contributed by atoms with Crippen molar-refractivity contribution in [3.05, 3.63) is 82.8 Å². The molecular weight excluding hydrogens is 478 g/mol. The molecule has 0 radical (unpaired) electrons. The smallest absolute Gasteiger partial charge is 0.335 e. The summed E-state index contributed by atoms with van der Waals surface area (Å²) in [5.74, 6) is -0.513. The van der Waals surface area contributed by atoms with E-state index in [0.717, 1.165) is 15.7 Å². The first kappa shape index (κ1) is 21.6. The van der Waals surface area contributed by atoms with Crippen LogP contribution in [0.4, 0.5) is 5.69 Å². The van der Waals surface area contributed by atoms with Gasteiger partial charge in [0.1, 0.15) is 5.56 Å². The number of nitrogens with one attached hydrogen (secondary N) is 1. The van der Waals surface area contributed by atoms with E-state index in [-0.39, 0.29) is 11.3 Å². The number of aliphatic imine (C=N–C) groups is 1. The molecule has 164 valence electrons. The quantitative estimate of drug-likeness (QED) is 0.423. The van der Waals surface area contributed by atoms with Crippen molar-refractivity contribution in [2.24, 2.45) is 19.1 Å². The maximum Gasteiger partial charge on any atom is 0.335 e. The number of hydrogen-bond donors (Lipinski definition) is 2. The molecule has 4 aromatic rings. The average molecular weight is 498 g/mol. The van der Waals surface area contributed by atoms with E-state index in [0.29, 0.717) is 26.9 Å². The van der Waals surface area contributed by atoms with Crippen LogP contribution in [0.1, 0.15) is 16.7 Å². The lowest BCUT2D eigenvalue weighted by Crippen LogP contribution is -2.31. The van der Waals surface area contributed by atoms with E-state index in [2.05, 4.69) is 25.9 Å². The number of rotatable bonds is 3. The minimum absolute atomic E-state index is 0.167. The van der Waals surface area contributed by atoms with Gasteiger partial charge in [-0.25, -0.2) is 14.2 Å². The van der Waals surface area contributed by atoms with E-state index >= 15 is 0 Å². The second-order valence-electron chi connectivity index (χ2n) is 7.57. The lowest BCUT2D eigenvalue weighted by atomic mass is 10.1. The SMILES string of the molecule is Cc1ccc(C)c(-n2c(O)c(C=Nc3cc4c(cc3Br)n(C)c(=O)n4C)c(=O)[nH]c2=O)c1. The molecule has 2 aromatic carbocycles. The number of aromatic amines is 1. The van der Waals surface area contributed by atoms with Gasteiger partial charge in [-0.15, -0.1) is 0 Å². The number of fused-ring (bicyclic) bond motifs is 1.